The van der Waals surface area contributed by atoms with E-state index in [1.807, 2.05) is 41.5 Å². The number of carbonyl (C=O) groups is 4. The van der Waals surface area contributed by atoms with Gasteiger partial charge in [0.15, 0.2) is 6.10 Å². The molecule has 0 aliphatic heterocycles. The lowest BCUT2D eigenvalue weighted by molar-refractivity contribution is -0.155. The van der Waals surface area contributed by atoms with E-state index in [9.17, 15) is 19.2 Å². The summed E-state index contributed by atoms with van der Waals surface area (Å²) in [6.45, 7) is 16.1. The molecule has 0 unspecified atom stereocenters. The SMILES string of the molecule is CC(C)(C)COC(=O)OCC(COC(=O)OCC(C)(C)C)OC(=O)CCC(=O)C(C)(C)C. The molecule has 0 N–H and O–H groups in total. The lowest BCUT2D eigenvalue weighted by atomic mass is 9.88. The summed E-state index contributed by atoms with van der Waals surface area (Å²) in [5.74, 6) is -0.763. The van der Waals surface area contributed by atoms with E-state index >= 15 is 0 Å². The highest BCUT2D eigenvalue weighted by atomic mass is 16.7. The number of hydrogen-bond donors (Lipinski definition) is 0. The van der Waals surface area contributed by atoms with E-state index in [0.717, 1.165) is 0 Å². The van der Waals surface area contributed by atoms with Crippen molar-refractivity contribution in [2.24, 2.45) is 16.2 Å². The third kappa shape index (κ3) is 16.4. The zero-order valence-corrected chi connectivity index (χ0v) is 21.0. The van der Waals surface area contributed by atoms with Crippen LogP contribution in [-0.2, 0) is 33.3 Å². The first-order valence-electron chi connectivity index (χ1n) is 10.7. The van der Waals surface area contributed by atoms with Crippen molar-refractivity contribution in [1.29, 1.82) is 0 Å². The van der Waals surface area contributed by atoms with Crippen LogP contribution in [-0.4, -0.2) is 56.6 Å². The molecule has 0 aromatic rings. The van der Waals surface area contributed by atoms with Gasteiger partial charge in [-0.2, -0.15) is 0 Å². The van der Waals surface area contributed by atoms with Crippen LogP contribution in [0, 0.1) is 16.2 Å². The average molecular weight is 461 g/mol. The molecule has 0 saturated carbocycles. The fourth-order valence-corrected chi connectivity index (χ4v) is 1.91. The Hall–Kier alpha value is -2.32. The molecule has 0 radical (unpaired) electrons. The molecule has 32 heavy (non-hydrogen) atoms. The van der Waals surface area contributed by atoms with E-state index in [2.05, 4.69) is 0 Å². The lowest BCUT2D eigenvalue weighted by Crippen LogP contribution is -2.32. The van der Waals surface area contributed by atoms with Crippen LogP contribution in [0.2, 0.25) is 0 Å². The second kappa shape index (κ2) is 12.6. The summed E-state index contributed by atoms with van der Waals surface area (Å²) < 4.78 is 25.2. The molecule has 9 nitrogen and oxygen atoms in total. The average Bonchev–Trinajstić information content (AvgIpc) is 2.62. The molecule has 0 bridgehead atoms. The Labute approximate surface area is 191 Å². The van der Waals surface area contributed by atoms with Gasteiger partial charge in [-0.25, -0.2) is 9.59 Å². The van der Waals surface area contributed by atoms with Gasteiger partial charge in [-0.1, -0.05) is 62.3 Å². The quantitative estimate of drug-likeness (QED) is 0.338. The van der Waals surface area contributed by atoms with Gasteiger partial charge in [0.25, 0.3) is 0 Å². The molecule has 0 aromatic heterocycles. The smallest absolute Gasteiger partial charge is 0.455 e. The number of ketones is 1. The largest absolute Gasteiger partial charge is 0.508 e. The molecule has 0 atom stereocenters. The van der Waals surface area contributed by atoms with Gasteiger partial charge in [0, 0.05) is 11.8 Å². The van der Waals surface area contributed by atoms with Crippen molar-refractivity contribution in [1.82, 2.24) is 0 Å². The third-order valence-corrected chi connectivity index (χ3v) is 3.71. The van der Waals surface area contributed by atoms with E-state index in [1.165, 1.54) is 0 Å². The van der Waals surface area contributed by atoms with Gasteiger partial charge in [-0.05, 0) is 10.8 Å². The van der Waals surface area contributed by atoms with E-state index in [4.69, 9.17) is 23.7 Å². The van der Waals surface area contributed by atoms with E-state index < -0.39 is 29.8 Å². The van der Waals surface area contributed by atoms with Gasteiger partial charge in [0.05, 0.1) is 19.6 Å². The maximum atomic E-state index is 12.2. The molecule has 186 valence electrons. The van der Waals surface area contributed by atoms with Crippen LogP contribution in [0.25, 0.3) is 0 Å². The van der Waals surface area contributed by atoms with Crippen LogP contribution in [0.3, 0.4) is 0 Å². The maximum Gasteiger partial charge on any atom is 0.508 e. The summed E-state index contributed by atoms with van der Waals surface area (Å²) in [7, 11) is 0. The summed E-state index contributed by atoms with van der Waals surface area (Å²) in [5, 5.41) is 0. The first-order valence-corrected chi connectivity index (χ1v) is 10.7. The zero-order valence-electron chi connectivity index (χ0n) is 21.0. The Morgan fingerprint density at radius 2 is 1.03 bits per heavy atom. The van der Waals surface area contributed by atoms with Crippen molar-refractivity contribution in [3.8, 4) is 0 Å². The number of ether oxygens (including phenoxy) is 5. The molecule has 0 heterocycles. The van der Waals surface area contributed by atoms with Crippen molar-refractivity contribution >= 4 is 24.1 Å². The second-order valence-corrected chi connectivity index (χ2v) is 11.1. The van der Waals surface area contributed by atoms with Gasteiger partial charge in [-0.3, -0.25) is 9.59 Å². The van der Waals surface area contributed by atoms with Crippen LogP contribution in [0.1, 0.15) is 75.2 Å². The Morgan fingerprint density at radius 1 is 0.625 bits per heavy atom. The van der Waals surface area contributed by atoms with Gasteiger partial charge in [-0.15, -0.1) is 0 Å². The monoisotopic (exact) mass is 460 g/mol. The molecule has 0 spiro atoms. The van der Waals surface area contributed by atoms with Gasteiger partial charge in [0.1, 0.15) is 19.0 Å². The number of Topliss-reactive ketones (excluding diaryl/α,β-unsaturated/α-hetero) is 1. The first-order chi connectivity index (χ1) is 14.4. The summed E-state index contributed by atoms with van der Waals surface area (Å²) in [6.07, 6.45) is -3.07. The van der Waals surface area contributed by atoms with Crippen LogP contribution < -0.4 is 0 Å². The second-order valence-electron chi connectivity index (χ2n) is 11.1. The Balaban J connectivity index is 4.80. The summed E-state index contributed by atoms with van der Waals surface area (Å²) in [5.41, 5.74) is -1.06. The molecule has 0 fully saturated rings. The van der Waals surface area contributed by atoms with E-state index in [1.54, 1.807) is 20.8 Å². The third-order valence-electron chi connectivity index (χ3n) is 3.71. The van der Waals surface area contributed by atoms with Crippen LogP contribution in [0.4, 0.5) is 9.59 Å². The van der Waals surface area contributed by atoms with Crippen molar-refractivity contribution in [2.45, 2.75) is 81.3 Å². The van der Waals surface area contributed by atoms with E-state index in [-0.39, 0.29) is 55.9 Å². The fourth-order valence-electron chi connectivity index (χ4n) is 1.91. The van der Waals surface area contributed by atoms with Gasteiger partial charge >= 0.3 is 18.3 Å². The molecule has 9 heteroatoms. The van der Waals surface area contributed by atoms with Gasteiger partial charge < -0.3 is 23.7 Å². The molecule has 0 aliphatic carbocycles. The normalized spacial score (nSPS) is 12.2. The summed E-state index contributed by atoms with van der Waals surface area (Å²) >= 11 is 0. The van der Waals surface area contributed by atoms with Crippen molar-refractivity contribution < 1.29 is 42.9 Å². The maximum absolute atomic E-state index is 12.2. The van der Waals surface area contributed by atoms with Crippen molar-refractivity contribution in [3.05, 3.63) is 0 Å². The molecular formula is C23H40O9. The highest BCUT2D eigenvalue weighted by Gasteiger charge is 2.25. The predicted molar refractivity (Wildman–Crippen MR) is 117 cm³/mol. The van der Waals surface area contributed by atoms with Crippen LogP contribution in [0.15, 0.2) is 0 Å². The molecular weight excluding hydrogens is 420 g/mol. The Kier molecular flexibility index (Phi) is 11.7. The van der Waals surface area contributed by atoms with Crippen molar-refractivity contribution in [2.75, 3.05) is 26.4 Å². The first kappa shape index (κ1) is 29.7. The fraction of sp³-hybridized carbons (Fsp3) is 0.826. The van der Waals surface area contributed by atoms with E-state index in [0.29, 0.717) is 0 Å². The molecule has 0 saturated heterocycles. The highest BCUT2D eigenvalue weighted by Crippen LogP contribution is 2.18. The van der Waals surface area contributed by atoms with Crippen LogP contribution in [0.5, 0.6) is 0 Å². The number of rotatable bonds is 10. The number of esters is 1. The van der Waals surface area contributed by atoms with Crippen molar-refractivity contribution in [3.63, 3.8) is 0 Å². The molecule has 0 aliphatic rings. The lowest BCUT2D eigenvalue weighted by Gasteiger charge is -2.21. The minimum atomic E-state index is -1.07. The molecule has 0 amide bonds. The molecule has 0 aromatic carbocycles. The Bertz CT molecular complexity index is 599. The highest BCUT2D eigenvalue weighted by molar-refractivity contribution is 5.86. The molecule has 0 rings (SSSR count). The number of hydrogen-bond acceptors (Lipinski definition) is 9. The minimum Gasteiger partial charge on any atom is -0.455 e. The number of carbonyl (C=O) groups excluding carboxylic acids is 4. The standard InChI is InChI=1S/C23H40O9/c1-21(2,3)14-30-19(26)28-12-16(13-29-20(27)31-15-22(4,5)6)32-18(25)11-10-17(24)23(7,8)9/h16H,10-15H2,1-9H3. The zero-order chi connectivity index (χ0) is 25.2. The topological polar surface area (TPSA) is 114 Å². The Morgan fingerprint density at radius 3 is 1.38 bits per heavy atom. The summed E-state index contributed by atoms with van der Waals surface area (Å²) in [4.78, 5) is 47.8. The van der Waals surface area contributed by atoms with Crippen LogP contribution >= 0.6 is 0 Å². The van der Waals surface area contributed by atoms with Gasteiger partial charge in [0.2, 0.25) is 0 Å². The summed E-state index contributed by atoms with van der Waals surface area (Å²) in [6, 6.07) is 0. The predicted octanol–water partition coefficient (Wildman–Crippen LogP) is 4.69. The minimum absolute atomic E-state index is 0.0119.